The molecule has 0 fully saturated rings. The van der Waals surface area contributed by atoms with E-state index in [0.29, 0.717) is 45.4 Å². The smallest absolute Gasteiger partial charge is 0.306 e. The van der Waals surface area contributed by atoms with Crippen LogP contribution in [-0.4, -0.2) is 61.5 Å². The Balaban J connectivity index is 3.78. The Morgan fingerprint density at radius 2 is 1.67 bits per heavy atom. The number of carbonyl (C=O) groups is 4. The molecule has 0 aliphatic carbocycles. The van der Waals surface area contributed by atoms with Gasteiger partial charge in [-0.25, -0.2) is 0 Å². The van der Waals surface area contributed by atoms with Gasteiger partial charge in [0.2, 0.25) is 5.91 Å². The molecule has 0 rings (SSSR count). The van der Waals surface area contributed by atoms with Gasteiger partial charge in [-0.1, -0.05) is 19.8 Å². The zero-order valence-electron chi connectivity index (χ0n) is 16.5. The molecule has 0 aromatic heterocycles. The molecule has 0 aliphatic rings. The van der Waals surface area contributed by atoms with Crippen LogP contribution in [0.25, 0.3) is 0 Å². The quantitative estimate of drug-likeness (QED) is 0.344. The summed E-state index contributed by atoms with van der Waals surface area (Å²) in [6, 6.07) is 0. The lowest BCUT2D eigenvalue weighted by molar-refractivity contribution is -0.144. The van der Waals surface area contributed by atoms with Gasteiger partial charge in [0.15, 0.2) is 5.78 Å². The molecule has 8 nitrogen and oxygen atoms in total. The number of nitrogens with one attached hydrogen (secondary N) is 1. The molecule has 0 heterocycles. The topological polar surface area (TPSA) is 119 Å². The zero-order chi connectivity index (χ0) is 20.5. The van der Waals surface area contributed by atoms with Crippen LogP contribution in [-0.2, 0) is 28.7 Å². The molecule has 2 N–H and O–H groups in total. The van der Waals surface area contributed by atoms with Crippen LogP contribution in [0.5, 0.6) is 0 Å². The van der Waals surface area contributed by atoms with E-state index in [-0.39, 0.29) is 37.1 Å². The van der Waals surface area contributed by atoms with Gasteiger partial charge in [0.1, 0.15) is 12.4 Å². The molecule has 8 heteroatoms. The first-order valence-corrected chi connectivity index (χ1v) is 9.52. The van der Waals surface area contributed by atoms with E-state index in [9.17, 15) is 24.3 Å². The zero-order valence-corrected chi connectivity index (χ0v) is 16.5. The summed E-state index contributed by atoms with van der Waals surface area (Å²) in [7, 11) is 0. The van der Waals surface area contributed by atoms with Gasteiger partial charge in [-0.2, -0.15) is 0 Å². The highest BCUT2D eigenvalue weighted by molar-refractivity contribution is 5.84. The highest BCUT2D eigenvalue weighted by atomic mass is 16.5. The van der Waals surface area contributed by atoms with Crippen molar-refractivity contribution >= 4 is 23.4 Å². The number of carbonyl (C=O) groups excluding carboxylic acids is 3. The van der Waals surface area contributed by atoms with Crippen LogP contribution in [0.1, 0.15) is 58.8 Å². The normalized spacial score (nSPS) is 11.8. The monoisotopic (exact) mass is 387 g/mol. The molecule has 1 unspecified atom stereocenters. The number of Topliss-reactive ketones (excluding diaryl/α,β-unsaturated/α-hetero) is 2. The van der Waals surface area contributed by atoms with Gasteiger partial charge in [-0.3, -0.25) is 19.2 Å². The molecule has 0 saturated carbocycles. The molecule has 1 atom stereocenters. The Morgan fingerprint density at radius 1 is 0.963 bits per heavy atom. The van der Waals surface area contributed by atoms with E-state index in [1.807, 2.05) is 6.92 Å². The van der Waals surface area contributed by atoms with Crippen LogP contribution in [0.4, 0.5) is 0 Å². The maximum Gasteiger partial charge on any atom is 0.306 e. The van der Waals surface area contributed by atoms with E-state index >= 15 is 0 Å². The standard InChI is InChI=1S/C19H33NO7/c1-3-17(22)8-6-4-5-7-16(19(24)25)13-18(23)14-27-12-11-26-10-9-20-15(2)21/h16H,3-14H2,1-2H3,(H,20,21)(H,24,25). The van der Waals surface area contributed by atoms with Crippen molar-refractivity contribution in [3.8, 4) is 0 Å². The number of carboxylic acids is 1. The van der Waals surface area contributed by atoms with Crippen LogP contribution < -0.4 is 5.32 Å². The van der Waals surface area contributed by atoms with Gasteiger partial charge in [0, 0.05) is 32.7 Å². The number of unbranched alkanes of at least 4 members (excludes halogenated alkanes) is 2. The predicted molar refractivity (Wildman–Crippen MR) is 99.5 cm³/mol. The number of ketones is 2. The Kier molecular flexibility index (Phi) is 15.3. The number of ether oxygens (including phenoxy) is 2. The second-order valence-electron chi connectivity index (χ2n) is 6.42. The third-order valence-corrected chi connectivity index (χ3v) is 3.98. The number of aliphatic carboxylic acids is 1. The molecule has 0 bridgehead atoms. The van der Waals surface area contributed by atoms with Crippen molar-refractivity contribution in [2.45, 2.75) is 58.8 Å². The van der Waals surface area contributed by atoms with Crippen LogP contribution >= 0.6 is 0 Å². The van der Waals surface area contributed by atoms with Crippen LogP contribution in [0.3, 0.4) is 0 Å². The second-order valence-corrected chi connectivity index (χ2v) is 6.42. The minimum absolute atomic E-state index is 0.0490. The fraction of sp³-hybridized carbons (Fsp3) is 0.789. The molecule has 0 radical (unpaired) electrons. The second kappa shape index (κ2) is 16.4. The van der Waals surface area contributed by atoms with Crippen molar-refractivity contribution in [1.29, 1.82) is 0 Å². The highest BCUT2D eigenvalue weighted by Gasteiger charge is 2.20. The Morgan fingerprint density at radius 3 is 2.30 bits per heavy atom. The predicted octanol–water partition coefficient (Wildman–Crippen LogP) is 1.75. The molecule has 156 valence electrons. The van der Waals surface area contributed by atoms with Gasteiger partial charge in [-0.15, -0.1) is 0 Å². The van der Waals surface area contributed by atoms with Crippen molar-refractivity contribution in [3.63, 3.8) is 0 Å². The first-order chi connectivity index (χ1) is 12.9. The average molecular weight is 387 g/mol. The number of rotatable bonds is 18. The van der Waals surface area contributed by atoms with Gasteiger partial charge in [0.05, 0.1) is 25.7 Å². The van der Waals surface area contributed by atoms with Crippen molar-refractivity contribution < 1.29 is 33.8 Å². The highest BCUT2D eigenvalue weighted by Crippen LogP contribution is 2.16. The third-order valence-electron chi connectivity index (χ3n) is 3.98. The fourth-order valence-corrected chi connectivity index (χ4v) is 2.42. The lowest BCUT2D eigenvalue weighted by Gasteiger charge is -2.12. The molecular weight excluding hydrogens is 354 g/mol. The van der Waals surface area contributed by atoms with E-state index < -0.39 is 11.9 Å². The summed E-state index contributed by atoms with van der Waals surface area (Å²) in [6.07, 6.45) is 3.68. The van der Waals surface area contributed by atoms with Crippen LogP contribution in [0.15, 0.2) is 0 Å². The number of amides is 1. The maximum atomic E-state index is 11.9. The van der Waals surface area contributed by atoms with E-state index in [1.165, 1.54) is 6.92 Å². The van der Waals surface area contributed by atoms with Crippen molar-refractivity contribution in [2.24, 2.45) is 5.92 Å². The van der Waals surface area contributed by atoms with Crippen LogP contribution in [0, 0.1) is 5.92 Å². The summed E-state index contributed by atoms with van der Waals surface area (Å²) in [5, 5.41) is 11.8. The minimum Gasteiger partial charge on any atom is -0.481 e. The third kappa shape index (κ3) is 16.1. The van der Waals surface area contributed by atoms with E-state index in [0.717, 1.165) is 12.8 Å². The average Bonchev–Trinajstić information content (AvgIpc) is 2.61. The van der Waals surface area contributed by atoms with Gasteiger partial charge < -0.3 is 19.9 Å². The number of hydrogen-bond acceptors (Lipinski definition) is 6. The largest absolute Gasteiger partial charge is 0.481 e. The van der Waals surface area contributed by atoms with E-state index in [2.05, 4.69) is 5.32 Å². The molecule has 1 amide bonds. The molecule has 0 spiro atoms. The number of hydrogen-bond donors (Lipinski definition) is 2. The minimum atomic E-state index is -0.978. The summed E-state index contributed by atoms with van der Waals surface area (Å²) >= 11 is 0. The summed E-state index contributed by atoms with van der Waals surface area (Å²) in [5.74, 6) is -1.84. The Bertz CT molecular complexity index is 465. The van der Waals surface area contributed by atoms with Crippen LogP contribution in [0.2, 0.25) is 0 Å². The summed E-state index contributed by atoms with van der Waals surface area (Å²) in [4.78, 5) is 45.0. The van der Waals surface area contributed by atoms with Crippen molar-refractivity contribution in [3.05, 3.63) is 0 Å². The van der Waals surface area contributed by atoms with Crippen molar-refractivity contribution in [1.82, 2.24) is 5.32 Å². The lowest BCUT2D eigenvalue weighted by Crippen LogP contribution is -2.25. The van der Waals surface area contributed by atoms with Crippen molar-refractivity contribution in [2.75, 3.05) is 33.0 Å². The lowest BCUT2D eigenvalue weighted by atomic mass is 9.95. The number of carboxylic acid groups (broad SMARTS) is 1. The van der Waals surface area contributed by atoms with E-state index in [4.69, 9.17) is 9.47 Å². The summed E-state index contributed by atoms with van der Waals surface area (Å²) in [6.45, 7) is 4.43. The van der Waals surface area contributed by atoms with Gasteiger partial charge >= 0.3 is 5.97 Å². The first kappa shape index (κ1) is 25.2. The molecule has 0 aromatic rings. The molecule has 0 aromatic carbocycles. The Labute approximate surface area is 161 Å². The van der Waals surface area contributed by atoms with Gasteiger partial charge in [-0.05, 0) is 12.8 Å². The molecule has 27 heavy (non-hydrogen) atoms. The first-order valence-electron chi connectivity index (χ1n) is 9.52. The molecular formula is C19H33NO7. The van der Waals surface area contributed by atoms with E-state index in [1.54, 1.807) is 0 Å². The molecule has 0 saturated heterocycles. The SMILES string of the molecule is CCC(=O)CCCCCC(CC(=O)COCCOCCNC(C)=O)C(=O)O. The summed E-state index contributed by atoms with van der Waals surface area (Å²) in [5.41, 5.74) is 0. The fourth-order valence-electron chi connectivity index (χ4n) is 2.42. The molecule has 0 aliphatic heterocycles. The van der Waals surface area contributed by atoms with Gasteiger partial charge in [0.25, 0.3) is 0 Å². The summed E-state index contributed by atoms with van der Waals surface area (Å²) < 4.78 is 10.4. The maximum absolute atomic E-state index is 11.9. The Hall–Kier alpha value is -1.80.